The standard InChI is InChI=1S/C14H12ClN5O.C14H11F2N5O/c1-2-21-13-11-12(19-14(16)20-13)17-7-10(18-11)8-4-3-5-9(15)6-8;1-2-22-13-11-12(20-14(17)21-13)18-6-10(19-11)8-4-3-7(15)5-9(8)16/h3-7H,2H2,1H3,(H2,16,17,19,20);3-6H,2H2,1H3,(H2,17,18,20,21). The summed E-state index contributed by atoms with van der Waals surface area (Å²) in [6.45, 7) is 4.44. The van der Waals surface area contributed by atoms with Crippen molar-refractivity contribution in [3.05, 3.63) is 71.5 Å². The molecule has 0 aliphatic carbocycles. The van der Waals surface area contributed by atoms with Gasteiger partial charge in [0.05, 0.1) is 37.0 Å². The second kappa shape index (κ2) is 12.7. The van der Waals surface area contributed by atoms with Gasteiger partial charge in [0.15, 0.2) is 22.3 Å². The number of anilines is 2. The first-order chi connectivity index (χ1) is 20.7. The van der Waals surface area contributed by atoms with Crippen LogP contribution in [0.15, 0.2) is 54.9 Å². The predicted molar refractivity (Wildman–Crippen MR) is 157 cm³/mol. The van der Waals surface area contributed by atoms with Crippen LogP contribution in [-0.2, 0) is 0 Å². The number of nitrogens with two attached hydrogens (primary N) is 2. The van der Waals surface area contributed by atoms with E-state index in [0.29, 0.717) is 41.0 Å². The minimum Gasteiger partial charge on any atom is -0.476 e. The maximum Gasteiger partial charge on any atom is 0.247 e. The largest absolute Gasteiger partial charge is 0.476 e. The van der Waals surface area contributed by atoms with Crippen molar-refractivity contribution in [1.29, 1.82) is 0 Å². The number of hydrogen-bond acceptors (Lipinski definition) is 12. The number of nitrogens with zero attached hydrogens (tertiary/aromatic N) is 8. The summed E-state index contributed by atoms with van der Waals surface area (Å²) in [6.07, 6.45) is 2.96. The van der Waals surface area contributed by atoms with Crippen molar-refractivity contribution in [3.8, 4) is 34.3 Å². The summed E-state index contributed by atoms with van der Waals surface area (Å²) in [5.41, 5.74) is 14.5. The van der Waals surface area contributed by atoms with Crippen LogP contribution < -0.4 is 20.9 Å². The highest BCUT2D eigenvalue weighted by Crippen LogP contribution is 2.27. The Kier molecular flexibility index (Phi) is 8.57. The third kappa shape index (κ3) is 6.59. The van der Waals surface area contributed by atoms with Gasteiger partial charge in [0.25, 0.3) is 0 Å². The zero-order valence-electron chi connectivity index (χ0n) is 22.8. The van der Waals surface area contributed by atoms with Gasteiger partial charge >= 0.3 is 0 Å². The van der Waals surface area contributed by atoms with Crippen LogP contribution in [0.5, 0.6) is 11.8 Å². The molecule has 4 aromatic heterocycles. The molecule has 0 amide bonds. The van der Waals surface area contributed by atoms with Crippen LogP contribution in [-0.4, -0.2) is 53.1 Å². The number of halogens is 3. The van der Waals surface area contributed by atoms with E-state index in [1.54, 1.807) is 19.2 Å². The molecule has 0 fully saturated rings. The monoisotopic (exact) mass is 604 g/mol. The molecule has 15 heteroatoms. The van der Waals surface area contributed by atoms with Crippen molar-refractivity contribution in [2.24, 2.45) is 0 Å². The van der Waals surface area contributed by atoms with Crippen molar-refractivity contribution < 1.29 is 18.3 Å². The molecule has 0 bridgehead atoms. The molecule has 218 valence electrons. The third-order valence-corrected chi connectivity index (χ3v) is 5.91. The molecule has 12 nitrogen and oxygen atoms in total. The fourth-order valence-corrected chi connectivity index (χ4v) is 4.08. The fourth-order valence-electron chi connectivity index (χ4n) is 3.89. The van der Waals surface area contributed by atoms with Gasteiger partial charge in [-0.3, -0.25) is 0 Å². The van der Waals surface area contributed by atoms with Gasteiger partial charge in [-0.2, -0.15) is 19.9 Å². The summed E-state index contributed by atoms with van der Waals surface area (Å²) in [4.78, 5) is 33.2. The van der Waals surface area contributed by atoms with Gasteiger partial charge < -0.3 is 20.9 Å². The molecule has 4 N–H and O–H groups in total. The van der Waals surface area contributed by atoms with E-state index in [1.165, 1.54) is 12.3 Å². The lowest BCUT2D eigenvalue weighted by molar-refractivity contribution is 0.330. The molecule has 0 radical (unpaired) electrons. The molecular formula is C28H23ClF2N10O2. The molecule has 0 saturated heterocycles. The van der Waals surface area contributed by atoms with Crippen LogP contribution in [0.2, 0.25) is 5.02 Å². The number of ether oxygens (including phenoxy) is 2. The van der Waals surface area contributed by atoms with E-state index in [9.17, 15) is 8.78 Å². The summed E-state index contributed by atoms with van der Waals surface area (Å²) < 4.78 is 37.7. The van der Waals surface area contributed by atoms with Crippen LogP contribution in [0.3, 0.4) is 0 Å². The molecule has 6 rings (SSSR count). The van der Waals surface area contributed by atoms with E-state index >= 15 is 0 Å². The van der Waals surface area contributed by atoms with Crippen molar-refractivity contribution in [2.75, 3.05) is 24.7 Å². The molecule has 0 aliphatic heterocycles. The average Bonchev–Trinajstić information content (AvgIpc) is 2.97. The summed E-state index contributed by atoms with van der Waals surface area (Å²) >= 11 is 6.00. The number of fused-ring (bicyclic) bond motifs is 2. The van der Waals surface area contributed by atoms with Crippen LogP contribution in [0.4, 0.5) is 20.7 Å². The molecule has 0 spiro atoms. The smallest absolute Gasteiger partial charge is 0.247 e. The van der Waals surface area contributed by atoms with E-state index < -0.39 is 11.6 Å². The van der Waals surface area contributed by atoms with E-state index in [-0.39, 0.29) is 40.2 Å². The highest BCUT2D eigenvalue weighted by atomic mass is 35.5. The van der Waals surface area contributed by atoms with Crippen molar-refractivity contribution in [3.63, 3.8) is 0 Å². The van der Waals surface area contributed by atoms with Gasteiger partial charge in [0, 0.05) is 22.2 Å². The van der Waals surface area contributed by atoms with Crippen molar-refractivity contribution in [2.45, 2.75) is 13.8 Å². The Labute approximate surface area is 248 Å². The summed E-state index contributed by atoms with van der Waals surface area (Å²) in [6, 6.07) is 10.6. The minimum atomic E-state index is -0.733. The van der Waals surface area contributed by atoms with Gasteiger partial charge in [-0.15, -0.1) is 0 Å². The summed E-state index contributed by atoms with van der Waals surface area (Å²) in [5.74, 6) is -0.788. The SMILES string of the molecule is CCOc1nc(N)nc2ncc(-c3ccc(F)cc3F)nc12.CCOc1nc(N)nc2ncc(-c3cccc(Cl)c3)nc12. The normalized spacial score (nSPS) is 10.8. The first kappa shape index (κ1) is 29.1. The Morgan fingerprint density at radius 2 is 1.30 bits per heavy atom. The summed E-state index contributed by atoms with van der Waals surface area (Å²) in [7, 11) is 0. The van der Waals surface area contributed by atoms with E-state index in [1.807, 2.05) is 25.1 Å². The van der Waals surface area contributed by atoms with Gasteiger partial charge in [0.2, 0.25) is 23.7 Å². The van der Waals surface area contributed by atoms with Crippen LogP contribution in [0.1, 0.15) is 13.8 Å². The number of nitrogen functional groups attached to an aromatic ring is 2. The molecule has 0 atom stereocenters. The molecule has 6 aromatic rings. The van der Waals surface area contributed by atoms with Gasteiger partial charge in [-0.25, -0.2) is 28.7 Å². The van der Waals surface area contributed by atoms with E-state index in [0.717, 1.165) is 17.7 Å². The second-order valence-corrected chi connectivity index (χ2v) is 9.07. The van der Waals surface area contributed by atoms with Gasteiger partial charge in [0.1, 0.15) is 11.6 Å². The fraction of sp³-hybridized carbons (Fsp3) is 0.143. The zero-order valence-corrected chi connectivity index (χ0v) is 23.5. The Balaban J connectivity index is 0.000000171. The molecule has 4 heterocycles. The zero-order chi connectivity index (χ0) is 30.5. The topological polar surface area (TPSA) is 174 Å². The first-order valence-electron chi connectivity index (χ1n) is 12.8. The van der Waals surface area contributed by atoms with Crippen molar-refractivity contribution in [1.82, 2.24) is 39.9 Å². The maximum absolute atomic E-state index is 13.9. The van der Waals surface area contributed by atoms with E-state index in [2.05, 4.69) is 39.9 Å². The van der Waals surface area contributed by atoms with Crippen molar-refractivity contribution >= 4 is 45.8 Å². The number of aromatic nitrogens is 8. The Hall–Kier alpha value is -5.37. The van der Waals surface area contributed by atoms with Gasteiger partial charge in [-0.05, 0) is 38.1 Å². The molecule has 0 unspecified atom stereocenters. The Morgan fingerprint density at radius 3 is 1.86 bits per heavy atom. The lowest BCUT2D eigenvalue weighted by Gasteiger charge is -2.08. The molecule has 43 heavy (non-hydrogen) atoms. The highest BCUT2D eigenvalue weighted by molar-refractivity contribution is 6.30. The van der Waals surface area contributed by atoms with Crippen LogP contribution in [0, 0.1) is 11.6 Å². The number of benzene rings is 2. The number of hydrogen-bond donors (Lipinski definition) is 2. The predicted octanol–water partition coefficient (Wildman–Crippen LogP) is 5.07. The van der Waals surface area contributed by atoms with E-state index in [4.69, 9.17) is 32.5 Å². The minimum absolute atomic E-state index is 0.00552. The number of rotatable bonds is 6. The first-order valence-corrected chi connectivity index (χ1v) is 13.2. The maximum atomic E-state index is 13.9. The van der Waals surface area contributed by atoms with Gasteiger partial charge in [-0.1, -0.05) is 23.7 Å². The Bertz CT molecular complexity index is 1950. The summed E-state index contributed by atoms with van der Waals surface area (Å²) in [5, 5.41) is 0.632. The highest BCUT2D eigenvalue weighted by Gasteiger charge is 2.15. The molecule has 0 aliphatic rings. The van der Waals surface area contributed by atoms with Crippen LogP contribution in [0.25, 0.3) is 44.8 Å². The average molecular weight is 605 g/mol. The lowest BCUT2D eigenvalue weighted by atomic mass is 10.1. The Morgan fingerprint density at radius 1 is 0.721 bits per heavy atom. The second-order valence-electron chi connectivity index (χ2n) is 8.63. The molecular weight excluding hydrogens is 582 g/mol. The lowest BCUT2D eigenvalue weighted by Crippen LogP contribution is -2.04. The quantitative estimate of drug-likeness (QED) is 0.259. The third-order valence-electron chi connectivity index (χ3n) is 5.67. The molecule has 2 aromatic carbocycles. The van der Waals surface area contributed by atoms with Crippen LogP contribution >= 0.6 is 11.6 Å². The molecule has 0 saturated carbocycles.